The van der Waals surface area contributed by atoms with Gasteiger partial charge in [0.15, 0.2) is 5.78 Å². The van der Waals surface area contributed by atoms with Crippen LogP contribution in [-0.2, 0) is 26.9 Å². The Bertz CT molecular complexity index is 960. The summed E-state index contributed by atoms with van der Waals surface area (Å²) in [6.07, 6.45) is 14.6. The zero-order valence-corrected chi connectivity index (χ0v) is 22.1. The maximum atomic E-state index is 13.5. The zero-order chi connectivity index (χ0) is 24.3. The van der Waals surface area contributed by atoms with Gasteiger partial charge in [-0.15, -0.1) is 0 Å². The summed E-state index contributed by atoms with van der Waals surface area (Å²) in [6, 6.07) is 0. The van der Waals surface area contributed by atoms with Gasteiger partial charge in [-0.2, -0.15) is 5.10 Å². The van der Waals surface area contributed by atoms with Crippen LogP contribution in [0.1, 0.15) is 71.6 Å². The molecule has 4 aliphatic carbocycles. The molecule has 0 bridgehead atoms. The van der Waals surface area contributed by atoms with Crippen LogP contribution in [0.5, 0.6) is 0 Å². The van der Waals surface area contributed by atoms with Crippen LogP contribution < -0.4 is 0 Å². The lowest BCUT2D eigenvalue weighted by molar-refractivity contribution is -0.175. The van der Waals surface area contributed by atoms with E-state index < -0.39 is 16.4 Å². The standard InChI is InChI=1S/C27H42N2O4S/c1-25(31)11-12-27(17-33-3)18(13-25)5-6-20-21-7-8-23(26(21,2)10-9-22(20)27)24(30)16-29-15-19(14-28-29)34(4)32/h14-15,18,20-23,31H,5-13,16-17H2,1-4H3/t18-,20+,21+,22+,23-,25-,26+,27-,34?/m1/s1. The Morgan fingerprint density at radius 3 is 2.68 bits per heavy atom. The van der Waals surface area contributed by atoms with E-state index >= 15 is 0 Å². The lowest BCUT2D eigenvalue weighted by atomic mass is 9.43. The first-order chi connectivity index (χ1) is 16.1. The third-order valence-electron chi connectivity index (χ3n) is 10.7. The molecule has 0 aliphatic heterocycles. The summed E-state index contributed by atoms with van der Waals surface area (Å²) in [7, 11) is 0.762. The van der Waals surface area contributed by atoms with Crippen LogP contribution in [0, 0.1) is 40.4 Å². The molecule has 0 spiro atoms. The average Bonchev–Trinajstić information content (AvgIpc) is 3.38. The van der Waals surface area contributed by atoms with E-state index in [4.69, 9.17) is 4.74 Å². The predicted octanol–water partition coefficient (Wildman–Crippen LogP) is 4.23. The molecule has 4 fully saturated rings. The highest BCUT2D eigenvalue weighted by atomic mass is 32.2. The van der Waals surface area contributed by atoms with Crippen LogP contribution in [0.3, 0.4) is 0 Å². The quantitative estimate of drug-likeness (QED) is 0.646. The van der Waals surface area contributed by atoms with Crippen molar-refractivity contribution in [3.05, 3.63) is 12.4 Å². The Kier molecular flexibility index (Phi) is 6.38. The molecule has 1 aromatic heterocycles. The third kappa shape index (κ3) is 3.94. The molecule has 9 atom stereocenters. The Morgan fingerprint density at radius 2 is 1.97 bits per heavy atom. The van der Waals surface area contributed by atoms with E-state index in [0.29, 0.717) is 28.6 Å². The number of fused-ring (bicyclic) bond motifs is 5. The molecule has 34 heavy (non-hydrogen) atoms. The molecule has 0 amide bonds. The van der Waals surface area contributed by atoms with Crippen molar-refractivity contribution in [2.75, 3.05) is 20.0 Å². The van der Waals surface area contributed by atoms with Crippen molar-refractivity contribution in [3.63, 3.8) is 0 Å². The van der Waals surface area contributed by atoms with E-state index in [9.17, 15) is 14.1 Å². The van der Waals surface area contributed by atoms with E-state index in [1.54, 1.807) is 23.3 Å². The maximum Gasteiger partial charge on any atom is 0.157 e. The smallest absolute Gasteiger partial charge is 0.157 e. The predicted molar refractivity (Wildman–Crippen MR) is 132 cm³/mol. The van der Waals surface area contributed by atoms with E-state index in [1.807, 2.05) is 14.0 Å². The van der Waals surface area contributed by atoms with Gasteiger partial charge >= 0.3 is 0 Å². The highest BCUT2D eigenvalue weighted by molar-refractivity contribution is 7.84. The zero-order valence-electron chi connectivity index (χ0n) is 21.3. The number of Topliss-reactive ketones (excluding diaryl/α,β-unsaturated/α-hetero) is 1. The molecule has 4 aliphatic rings. The number of hydrogen-bond acceptors (Lipinski definition) is 5. The van der Waals surface area contributed by atoms with Crippen molar-refractivity contribution in [2.45, 2.75) is 88.7 Å². The minimum absolute atomic E-state index is 0.0586. The van der Waals surface area contributed by atoms with Gasteiger partial charge in [-0.25, -0.2) is 0 Å². The monoisotopic (exact) mass is 490 g/mol. The van der Waals surface area contributed by atoms with Gasteiger partial charge in [-0.1, -0.05) is 6.92 Å². The fourth-order valence-corrected chi connectivity index (χ4v) is 9.63. The molecule has 4 saturated carbocycles. The van der Waals surface area contributed by atoms with Gasteiger partial charge in [-0.05, 0) is 99.2 Å². The van der Waals surface area contributed by atoms with Gasteiger partial charge in [0.2, 0.25) is 0 Å². The van der Waals surface area contributed by atoms with E-state index in [2.05, 4.69) is 12.0 Å². The number of aromatic nitrogens is 2. The lowest BCUT2D eigenvalue weighted by Gasteiger charge is -2.62. The molecular formula is C27H42N2O4S. The third-order valence-corrected chi connectivity index (χ3v) is 11.6. The van der Waals surface area contributed by atoms with Crippen molar-refractivity contribution >= 4 is 16.6 Å². The minimum atomic E-state index is -1.08. The van der Waals surface area contributed by atoms with Gasteiger partial charge in [0.05, 0.1) is 40.6 Å². The fourth-order valence-electron chi connectivity index (χ4n) is 9.16. The van der Waals surface area contributed by atoms with Crippen LogP contribution in [0.15, 0.2) is 17.3 Å². The molecule has 1 unspecified atom stereocenters. The second-order valence-electron chi connectivity index (χ2n) is 12.5. The Hall–Kier alpha value is -1.05. The number of ether oxygens (including phenoxy) is 1. The molecule has 6 nitrogen and oxygen atoms in total. The maximum absolute atomic E-state index is 13.5. The number of rotatable bonds is 6. The Balaban J connectivity index is 1.35. The largest absolute Gasteiger partial charge is 0.390 e. The van der Waals surface area contributed by atoms with Gasteiger partial charge in [0, 0.05) is 25.5 Å². The fraction of sp³-hybridized carbons (Fsp3) is 0.852. The molecule has 0 saturated heterocycles. The summed E-state index contributed by atoms with van der Waals surface area (Å²) in [5, 5.41) is 15.1. The average molecular weight is 491 g/mol. The van der Waals surface area contributed by atoms with Crippen LogP contribution in [0.25, 0.3) is 0 Å². The SMILES string of the molecule is COC[C@]12CC[C@@](C)(O)C[C@H]1CC[C@H]1[C@@H]3CC[C@H](C(=O)Cn4cc(S(C)=O)cn4)[C@@]3(C)CC[C@@H]12. The highest BCUT2D eigenvalue weighted by Crippen LogP contribution is 2.68. The molecule has 0 radical (unpaired) electrons. The van der Waals surface area contributed by atoms with Gasteiger partial charge < -0.3 is 9.84 Å². The number of methoxy groups -OCH3 is 1. The molecule has 1 N–H and O–H groups in total. The first-order valence-electron chi connectivity index (χ1n) is 13.2. The van der Waals surface area contributed by atoms with Crippen molar-refractivity contribution in [3.8, 4) is 0 Å². The van der Waals surface area contributed by atoms with Crippen molar-refractivity contribution in [2.24, 2.45) is 40.4 Å². The summed E-state index contributed by atoms with van der Waals surface area (Å²) in [4.78, 5) is 14.2. The molecule has 190 valence electrons. The van der Waals surface area contributed by atoms with Crippen LogP contribution >= 0.6 is 0 Å². The highest BCUT2D eigenvalue weighted by Gasteiger charge is 2.63. The Morgan fingerprint density at radius 1 is 1.18 bits per heavy atom. The molecule has 5 rings (SSSR count). The van der Waals surface area contributed by atoms with E-state index in [0.717, 1.165) is 45.1 Å². The molecule has 1 heterocycles. The van der Waals surface area contributed by atoms with Crippen LogP contribution in [0.2, 0.25) is 0 Å². The van der Waals surface area contributed by atoms with Crippen molar-refractivity contribution in [1.82, 2.24) is 9.78 Å². The number of aliphatic hydroxyl groups is 1. The van der Waals surface area contributed by atoms with Crippen LogP contribution in [-0.4, -0.2) is 50.5 Å². The second kappa shape index (κ2) is 8.81. The summed E-state index contributed by atoms with van der Waals surface area (Å²) >= 11 is 0. The molecular weight excluding hydrogens is 448 g/mol. The van der Waals surface area contributed by atoms with Gasteiger partial charge in [0.25, 0.3) is 0 Å². The number of ketones is 1. The minimum Gasteiger partial charge on any atom is -0.390 e. The van der Waals surface area contributed by atoms with Gasteiger partial charge in [-0.3, -0.25) is 13.7 Å². The topological polar surface area (TPSA) is 81.4 Å². The number of carbonyl (C=O) groups is 1. The number of hydrogen-bond donors (Lipinski definition) is 1. The molecule has 7 heteroatoms. The molecule has 0 aromatic carbocycles. The van der Waals surface area contributed by atoms with E-state index in [1.165, 1.54) is 19.3 Å². The first kappa shape index (κ1) is 24.6. The lowest BCUT2D eigenvalue weighted by Crippen LogP contribution is -2.58. The summed E-state index contributed by atoms with van der Waals surface area (Å²) in [6.45, 7) is 5.49. The number of nitrogens with zero attached hydrogens (tertiary/aromatic N) is 2. The van der Waals surface area contributed by atoms with E-state index in [-0.39, 0.29) is 29.1 Å². The number of carbonyl (C=O) groups excluding carboxylic acids is 1. The Labute approximate surface area is 206 Å². The van der Waals surface area contributed by atoms with Crippen LogP contribution in [0.4, 0.5) is 0 Å². The summed E-state index contributed by atoms with van der Waals surface area (Å²) < 4.78 is 19.3. The van der Waals surface area contributed by atoms with Crippen molar-refractivity contribution < 1.29 is 18.8 Å². The van der Waals surface area contributed by atoms with Crippen molar-refractivity contribution in [1.29, 1.82) is 0 Å². The van der Waals surface area contributed by atoms with Gasteiger partial charge in [0.1, 0.15) is 0 Å². The second-order valence-corrected chi connectivity index (χ2v) is 13.9. The first-order valence-corrected chi connectivity index (χ1v) is 14.8. The summed E-state index contributed by atoms with van der Waals surface area (Å²) in [5.74, 6) is 2.80. The molecule has 1 aromatic rings. The normalized spacial score (nSPS) is 44.7. The summed E-state index contributed by atoms with van der Waals surface area (Å²) in [5.41, 5.74) is -0.298.